The maximum Gasteiger partial charge on any atom is 0.325 e. The van der Waals surface area contributed by atoms with Gasteiger partial charge in [0.2, 0.25) is 0 Å². The number of nitrogens with zero attached hydrogens (tertiary/aromatic N) is 2. The first-order chi connectivity index (χ1) is 8.38. The van der Waals surface area contributed by atoms with Gasteiger partial charge in [-0.1, -0.05) is 0 Å². The lowest BCUT2D eigenvalue weighted by molar-refractivity contribution is -0.139. The highest BCUT2D eigenvalue weighted by atomic mass is 16.5. The van der Waals surface area contributed by atoms with Crippen LogP contribution in [0.3, 0.4) is 0 Å². The zero-order chi connectivity index (χ0) is 13.9. The lowest BCUT2D eigenvalue weighted by Gasteiger charge is -2.09. The fraction of sp³-hybridized carbons (Fsp3) is 0.455. The zero-order valence-electron chi connectivity index (χ0n) is 10.7. The Labute approximate surface area is 104 Å². The van der Waals surface area contributed by atoms with Crippen molar-refractivity contribution in [2.24, 2.45) is 7.05 Å². The van der Waals surface area contributed by atoms with Crippen LogP contribution in [0, 0.1) is 13.8 Å². The van der Waals surface area contributed by atoms with Gasteiger partial charge in [0.25, 0.3) is 11.5 Å². The van der Waals surface area contributed by atoms with Gasteiger partial charge in [-0.25, -0.2) is 4.68 Å². The molecular weight excluding hydrogens is 238 g/mol. The average Bonchev–Trinajstić information content (AvgIpc) is 2.33. The lowest BCUT2D eigenvalue weighted by Crippen LogP contribution is -2.37. The van der Waals surface area contributed by atoms with E-state index in [1.54, 1.807) is 13.8 Å². The Morgan fingerprint density at radius 2 is 2.00 bits per heavy atom. The summed E-state index contributed by atoms with van der Waals surface area (Å²) >= 11 is 0. The summed E-state index contributed by atoms with van der Waals surface area (Å²) in [5.74, 6) is -1.19. The number of methoxy groups -OCH3 is 1. The van der Waals surface area contributed by atoms with Crippen LogP contribution in [0.5, 0.6) is 0 Å². The summed E-state index contributed by atoms with van der Waals surface area (Å²) in [5.41, 5.74) is 0.579. The molecule has 0 saturated heterocycles. The highest BCUT2D eigenvalue weighted by Crippen LogP contribution is 2.05. The highest BCUT2D eigenvalue weighted by Gasteiger charge is 2.18. The van der Waals surface area contributed by atoms with E-state index in [-0.39, 0.29) is 12.1 Å². The van der Waals surface area contributed by atoms with Crippen LogP contribution in [0.4, 0.5) is 0 Å². The third-order valence-electron chi connectivity index (χ3n) is 2.57. The number of carbonyl (C=O) groups is 2. The van der Waals surface area contributed by atoms with E-state index >= 15 is 0 Å². The number of amides is 1. The van der Waals surface area contributed by atoms with Crippen molar-refractivity contribution in [1.29, 1.82) is 0 Å². The highest BCUT2D eigenvalue weighted by molar-refractivity contribution is 5.96. The molecule has 0 radical (unpaired) electrons. The summed E-state index contributed by atoms with van der Waals surface area (Å²) in [6.07, 6.45) is 0. The lowest BCUT2D eigenvalue weighted by atomic mass is 10.1. The number of ether oxygens (including phenoxy) is 1. The molecule has 0 aliphatic heterocycles. The van der Waals surface area contributed by atoms with Gasteiger partial charge in [-0.2, -0.15) is 5.10 Å². The van der Waals surface area contributed by atoms with Gasteiger partial charge < -0.3 is 10.1 Å². The van der Waals surface area contributed by atoms with E-state index in [4.69, 9.17) is 0 Å². The molecular formula is C11H15N3O4. The van der Waals surface area contributed by atoms with Crippen molar-refractivity contribution in [3.8, 4) is 0 Å². The molecule has 1 heterocycles. The van der Waals surface area contributed by atoms with Gasteiger partial charge in [-0.05, 0) is 19.4 Å². The van der Waals surface area contributed by atoms with E-state index in [9.17, 15) is 14.4 Å². The smallest absolute Gasteiger partial charge is 0.325 e. The molecule has 0 aromatic carbocycles. The molecule has 7 nitrogen and oxygen atoms in total. The quantitative estimate of drug-likeness (QED) is 0.719. The number of esters is 1. The van der Waals surface area contributed by atoms with Crippen LogP contribution in [0.25, 0.3) is 0 Å². The monoisotopic (exact) mass is 253 g/mol. The largest absolute Gasteiger partial charge is 0.468 e. The van der Waals surface area contributed by atoms with Gasteiger partial charge in [0.05, 0.1) is 12.8 Å². The topological polar surface area (TPSA) is 90.3 Å². The first-order valence-corrected chi connectivity index (χ1v) is 5.28. The summed E-state index contributed by atoms with van der Waals surface area (Å²) in [4.78, 5) is 34.6. The van der Waals surface area contributed by atoms with Crippen LogP contribution in [0.15, 0.2) is 4.79 Å². The first-order valence-electron chi connectivity index (χ1n) is 5.28. The van der Waals surface area contributed by atoms with Crippen molar-refractivity contribution in [3.63, 3.8) is 0 Å². The van der Waals surface area contributed by atoms with Crippen LogP contribution >= 0.6 is 0 Å². The van der Waals surface area contributed by atoms with Gasteiger partial charge in [-0.3, -0.25) is 14.4 Å². The van der Waals surface area contributed by atoms with E-state index in [2.05, 4.69) is 15.2 Å². The van der Waals surface area contributed by atoms with Crippen LogP contribution in [0.1, 0.15) is 21.6 Å². The Hall–Kier alpha value is -2.18. The molecule has 1 aromatic heterocycles. The molecule has 0 spiro atoms. The molecule has 1 amide bonds. The minimum atomic E-state index is -0.607. The second kappa shape index (κ2) is 5.44. The van der Waals surface area contributed by atoms with E-state index < -0.39 is 17.4 Å². The van der Waals surface area contributed by atoms with Crippen molar-refractivity contribution < 1.29 is 14.3 Å². The number of hydrogen-bond acceptors (Lipinski definition) is 5. The molecule has 0 saturated carbocycles. The number of aromatic nitrogens is 2. The van der Waals surface area contributed by atoms with E-state index in [0.29, 0.717) is 11.3 Å². The Bertz CT molecular complexity index is 548. The maximum absolute atomic E-state index is 11.9. The number of nitrogens with one attached hydrogen (secondary N) is 1. The summed E-state index contributed by atoms with van der Waals surface area (Å²) < 4.78 is 5.49. The van der Waals surface area contributed by atoms with Gasteiger partial charge in [0.15, 0.2) is 0 Å². The molecule has 1 aromatic rings. The van der Waals surface area contributed by atoms with Crippen molar-refractivity contribution in [1.82, 2.24) is 15.1 Å². The fourth-order valence-corrected chi connectivity index (χ4v) is 1.43. The molecule has 18 heavy (non-hydrogen) atoms. The molecule has 0 aliphatic rings. The average molecular weight is 253 g/mol. The fourth-order valence-electron chi connectivity index (χ4n) is 1.43. The van der Waals surface area contributed by atoms with E-state index in [0.717, 1.165) is 4.68 Å². The second-order valence-corrected chi connectivity index (χ2v) is 3.77. The molecule has 0 bridgehead atoms. The van der Waals surface area contributed by atoms with Crippen LogP contribution < -0.4 is 10.9 Å². The summed E-state index contributed by atoms with van der Waals surface area (Å²) in [6.45, 7) is 3.06. The minimum absolute atomic E-state index is 0.00565. The van der Waals surface area contributed by atoms with Crippen LogP contribution in [-0.2, 0) is 16.6 Å². The second-order valence-electron chi connectivity index (χ2n) is 3.77. The summed E-state index contributed by atoms with van der Waals surface area (Å²) in [5, 5.41) is 6.29. The van der Waals surface area contributed by atoms with Gasteiger partial charge >= 0.3 is 5.97 Å². The Morgan fingerprint density at radius 1 is 1.39 bits per heavy atom. The van der Waals surface area contributed by atoms with E-state index in [1.807, 2.05) is 0 Å². The number of hydrogen-bond donors (Lipinski definition) is 1. The Kier molecular flexibility index (Phi) is 4.19. The van der Waals surface area contributed by atoms with Crippen LogP contribution in [-0.4, -0.2) is 35.3 Å². The number of rotatable bonds is 3. The van der Waals surface area contributed by atoms with Gasteiger partial charge in [0, 0.05) is 7.05 Å². The molecule has 0 atom stereocenters. The standard InChI is InChI=1S/C11H15N3O4/c1-6-7(2)13-14(3)11(17)9(6)10(16)12-5-8(15)18-4/h5H2,1-4H3,(H,12,16). The molecule has 1 N–H and O–H groups in total. The summed E-state index contributed by atoms with van der Waals surface area (Å²) in [7, 11) is 2.68. The Balaban J connectivity index is 3.06. The Morgan fingerprint density at radius 3 is 2.56 bits per heavy atom. The van der Waals surface area contributed by atoms with Gasteiger partial charge in [0.1, 0.15) is 12.1 Å². The molecule has 0 fully saturated rings. The molecule has 98 valence electrons. The maximum atomic E-state index is 11.9. The molecule has 7 heteroatoms. The van der Waals surface area contributed by atoms with Crippen molar-refractivity contribution in [3.05, 3.63) is 27.2 Å². The normalized spacial score (nSPS) is 10.0. The summed E-state index contributed by atoms with van der Waals surface area (Å²) in [6, 6.07) is 0. The van der Waals surface area contributed by atoms with Gasteiger partial charge in [-0.15, -0.1) is 0 Å². The van der Waals surface area contributed by atoms with E-state index in [1.165, 1.54) is 14.2 Å². The molecule has 0 unspecified atom stereocenters. The predicted octanol–water partition coefficient (Wildman–Crippen LogP) is -0.700. The third-order valence-corrected chi connectivity index (χ3v) is 2.57. The first kappa shape index (κ1) is 13.9. The molecule has 1 rings (SSSR count). The predicted molar refractivity (Wildman–Crippen MR) is 63.3 cm³/mol. The minimum Gasteiger partial charge on any atom is -0.468 e. The molecule has 0 aliphatic carbocycles. The third kappa shape index (κ3) is 2.73. The zero-order valence-corrected chi connectivity index (χ0v) is 10.7. The number of aryl methyl sites for hydroxylation is 2. The van der Waals surface area contributed by atoms with Crippen LogP contribution in [0.2, 0.25) is 0 Å². The SMILES string of the molecule is COC(=O)CNC(=O)c1c(C)c(C)nn(C)c1=O. The number of carbonyl (C=O) groups excluding carboxylic acids is 2. The van der Waals surface area contributed by atoms with Crippen molar-refractivity contribution >= 4 is 11.9 Å². The van der Waals surface area contributed by atoms with Crippen molar-refractivity contribution in [2.75, 3.05) is 13.7 Å². The van der Waals surface area contributed by atoms with Crippen molar-refractivity contribution in [2.45, 2.75) is 13.8 Å².